The number of nitrogens with one attached hydrogen (secondary N) is 2. The van der Waals surface area contributed by atoms with Crippen LogP contribution in [-0.4, -0.2) is 72.5 Å². The predicted molar refractivity (Wildman–Crippen MR) is 140 cm³/mol. The van der Waals surface area contributed by atoms with Gasteiger partial charge in [0, 0.05) is 55.2 Å². The number of anilines is 2. The van der Waals surface area contributed by atoms with Crippen molar-refractivity contribution in [3.05, 3.63) is 59.7 Å². The summed E-state index contributed by atoms with van der Waals surface area (Å²) in [5.74, 6) is -0.400. The number of hydrogen-bond acceptors (Lipinski definition) is 4. The van der Waals surface area contributed by atoms with E-state index in [0.717, 1.165) is 24.3 Å². The Morgan fingerprint density at radius 2 is 1.49 bits per heavy atom. The minimum Gasteiger partial charge on any atom is -0.368 e. The van der Waals surface area contributed by atoms with E-state index in [-0.39, 0.29) is 36.5 Å². The summed E-state index contributed by atoms with van der Waals surface area (Å²) in [6.45, 7) is 12.5. The normalized spacial score (nSPS) is 13.7. The van der Waals surface area contributed by atoms with Crippen molar-refractivity contribution >= 4 is 29.2 Å². The molecule has 2 aromatic rings. The molecular formula is C27H37N5O3. The van der Waals surface area contributed by atoms with Crippen molar-refractivity contribution in [2.75, 3.05) is 42.9 Å². The van der Waals surface area contributed by atoms with E-state index in [4.69, 9.17) is 0 Å². The molecule has 1 heterocycles. The molecule has 3 rings (SSSR count). The maximum atomic E-state index is 12.9. The highest BCUT2D eigenvalue weighted by Crippen LogP contribution is 2.20. The second kappa shape index (κ2) is 11.7. The molecule has 8 heteroatoms. The van der Waals surface area contributed by atoms with E-state index in [1.54, 1.807) is 17.0 Å². The number of hydrogen-bond donors (Lipinski definition) is 2. The second-order valence-electron chi connectivity index (χ2n) is 9.57. The zero-order valence-electron chi connectivity index (χ0n) is 21.4. The van der Waals surface area contributed by atoms with Gasteiger partial charge >= 0.3 is 6.03 Å². The van der Waals surface area contributed by atoms with Crippen LogP contribution in [0, 0.1) is 6.92 Å². The number of amides is 4. The first kappa shape index (κ1) is 26.1. The van der Waals surface area contributed by atoms with Crippen LogP contribution >= 0.6 is 0 Å². The van der Waals surface area contributed by atoms with Crippen LogP contribution in [0.3, 0.4) is 0 Å². The van der Waals surface area contributed by atoms with Gasteiger partial charge in [-0.1, -0.05) is 17.7 Å². The fourth-order valence-corrected chi connectivity index (χ4v) is 3.97. The maximum Gasteiger partial charge on any atom is 0.317 e. The van der Waals surface area contributed by atoms with Crippen LogP contribution < -0.4 is 15.5 Å². The number of urea groups is 1. The van der Waals surface area contributed by atoms with Gasteiger partial charge in [0.05, 0.1) is 0 Å². The molecule has 0 radical (unpaired) electrons. The molecule has 0 spiro atoms. The minimum absolute atomic E-state index is 0.0194. The molecule has 188 valence electrons. The van der Waals surface area contributed by atoms with Crippen LogP contribution in [0.15, 0.2) is 48.5 Å². The number of benzene rings is 2. The number of rotatable bonds is 7. The SMILES string of the molecule is Cc1ccc(C(=O)N(CC(=O)Nc2ccc(N3CCN(C(=O)NC(C)C)CC3)cc2)C(C)C)cc1. The fraction of sp³-hybridized carbons (Fsp3) is 0.444. The number of piperazine rings is 1. The first-order valence-electron chi connectivity index (χ1n) is 12.2. The van der Waals surface area contributed by atoms with E-state index in [0.29, 0.717) is 24.3 Å². The van der Waals surface area contributed by atoms with Gasteiger partial charge in [-0.2, -0.15) is 0 Å². The lowest BCUT2D eigenvalue weighted by Gasteiger charge is -2.36. The Kier molecular flexibility index (Phi) is 8.73. The lowest BCUT2D eigenvalue weighted by atomic mass is 10.1. The van der Waals surface area contributed by atoms with Gasteiger partial charge in [-0.15, -0.1) is 0 Å². The van der Waals surface area contributed by atoms with Crippen molar-refractivity contribution in [3.63, 3.8) is 0 Å². The summed E-state index contributed by atoms with van der Waals surface area (Å²) in [5.41, 5.74) is 3.38. The van der Waals surface area contributed by atoms with Crippen LogP contribution in [0.1, 0.15) is 43.6 Å². The minimum atomic E-state index is -0.239. The fourth-order valence-electron chi connectivity index (χ4n) is 3.97. The molecular weight excluding hydrogens is 442 g/mol. The summed E-state index contributed by atoms with van der Waals surface area (Å²) in [7, 11) is 0. The van der Waals surface area contributed by atoms with E-state index >= 15 is 0 Å². The van der Waals surface area contributed by atoms with E-state index < -0.39 is 0 Å². The quantitative estimate of drug-likeness (QED) is 0.634. The summed E-state index contributed by atoms with van der Waals surface area (Å²) in [5, 5.41) is 5.84. The number of carbonyl (C=O) groups is 3. The Hall–Kier alpha value is -3.55. The van der Waals surface area contributed by atoms with Gasteiger partial charge in [-0.25, -0.2) is 4.79 Å². The lowest BCUT2D eigenvalue weighted by Crippen LogP contribution is -2.52. The molecule has 0 bridgehead atoms. The van der Waals surface area contributed by atoms with Crippen LogP contribution in [0.25, 0.3) is 0 Å². The predicted octanol–water partition coefficient (Wildman–Crippen LogP) is 3.72. The third kappa shape index (κ3) is 7.21. The van der Waals surface area contributed by atoms with Crippen LogP contribution in [0.4, 0.5) is 16.2 Å². The summed E-state index contributed by atoms with van der Waals surface area (Å²) in [6.07, 6.45) is 0. The average molecular weight is 480 g/mol. The molecule has 0 unspecified atom stereocenters. The molecule has 4 amide bonds. The Morgan fingerprint density at radius 3 is 2.03 bits per heavy atom. The highest BCUT2D eigenvalue weighted by atomic mass is 16.2. The van der Waals surface area contributed by atoms with E-state index in [1.165, 1.54) is 0 Å². The molecule has 0 aromatic heterocycles. The van der Waals surface area contributed by atoms with Gasteiger partial charge in [-0.3, -0.25) is 9.59 Å². The van der Waals surface area contributed by atoms with Crippen molar-refractivity contribution in [1.29, 1.82) is 0 Å². The highest BCUT2D eigenvalue weighted by Gasteiger charge is 2.23. The third-order valence-electron chi connectivity index (χ3n) is 5.99. The molecule has 0 saturated carbocycles. The molecule has 1 aliphatic rings. The van der Waals surface area contributed by atoms with E-state index in [9.17, 15) is 14.4 Å². The highest BCUT2D eigenvalue weighted by molar-refractivity contribution is 5.99. The van der Waals surface area contributed by atoms with Crippen molar-refractivity contribution in [2.24, 2.45) is 0 Å². The number of aryl methyl sites for hydroxylation is 1. The number of carbonyl (C=O) groups excluding carboxylic acids is 3. The Labute approximate surface area is 208 Å². The molecule has 2 aromatic carbocycles. The zero-order valence-corrected chi connectivity index (χ0v) is 21.4. The largest absolute Gasteiger partial charge is 0.368 e. The molecule has 1 fully saturated rings. The first-order valence-corrected chi connectivity index (χ1v) is 12.2. The average Bonchev–Trinajstić information content (AvgIpc) is 2.82. The summed E-state index contributed by atoms with van der Waals surface area (Å²) >= 11 is 0. The molecule has 8 nitrogen and oxygen atoms in total. The molecule has 0 atom stereocenters. The Bertz CT molecular complexity index is 1010. The maximum absolute atomic E-state index is 12.9. The van der Waals surface area contributed by atoms with E-state index in [2.05, 4.69) is 15.5 Å². The monoisotopic (exact) mass is 479 g/mol. The van der Waals surface area contributed by atoms with Crippen LogP contribution in [0.2, 0.25) is 0 Å². The van der Waals surface area contributed by atoms with E-state index in [1.807, 2.05) is 75.9 Å². The van der Waals surface area contributed by atoms with Crippen molar-refractivity contribution < 1.29 is 14.4 Å². The van der Waals surface area contributed by atoms with Crippen molar-refractivity contribution in [2.45, 2.75) is 46.7 Å². The van der Waals surface area contributed by atoms with Gasteiger partial charge in [0.25, 0.3) is 5.91 Å². The molecule has 0 aliphatic carbocycles. The third-order valence-corrected chi connectivity index (χ3v) is 5.99. The van der Waals surface area contributed by atoms with Gasteiger partial charge in [-0.05, 0) is 71.0 Å². The topological polar surface area (TPSA) is 85.0 Å². The van der Waals surface area contributed by atoms with Crippen molar-refractivity contribution in [3.8, 4) is 0 Å². The molecule has 1 aliphatic heterocycles. The van der Waals surface area contributed by atoms with Crippen molar-refractivity contribution in [1.82, 2.24) is 15.1 Å². The second-order valence-corrected chi connectivity index (χ2v) is 9.57. The molecule has 2 N–H and O–H groups in total. The Morgan fingerprint density at radius 1 is 0.886 bits per heavy atom. The number of nitrogens with zero attached hydrogens (tertiary/aromatic N) is 3. The summed E-state index contributed by atoms with van der Waals surface area (Å²) in [6, 6.07) is 15.0. The molecule has 35 heavy (non-hydrogen) atoms. The lowest BCUT2D eigenvalue weighted by molar-refractivity contribution is -0.117. The summed E-state index contributed by atoms with van der Waals surface area (Å²) < 4.78 is 0. The van der Waals surface area contributed by atoms with Gasteiger partial charge in [0.1, 0.15) is 6.54 Å². The zero-order chi connectivity index (χ0) is 25.5. The Balaban J connectivity index is 1.54. The van der Waals surface area contributed by atoms with Crippen LogP contribution in [-0.2, 0) is 4.79 Å². The summed E-state index contributed by atoms with van der Waals surface area (Å²) in [4.78, 5) is 43.5. The first-order chi connectivity index (χ1) is 16.6. The van der Waals surface area contributed by atoms with Gasteiger partial charge in [0.15, 0.2) is 0 Å². The smallest absolute Gasteiger partial charge is 0.317 e. The van der Waals surface area contributed by atoms with Crippen LogP contribution in [0.5, 0.6) is 0 Å². The standard InChI is InChI=1S/C27H37N5O3/c1-19(2)28-27(35)31-16-14-30(15-17-31)24-12-10-23(11-13-24)29-25(33)18-32(20(3)4)26(34)22-8-6-21(5)7-9-22/h6-13,19-20H,14-18H2,1-5H3,(H,28,35)(H,29,33). The van der Waals surface area contributed by atoms with Gasteiger partial charge in [0.2, 0.25) is 5.91 Å². The molecule has 1 saturated heterocycles. The van der Waals surface area contributed by atoms with Gasteiger partial charge < -0.3 is 25.3 Å².